The van der Waals surface area contributed by atoms with Crippen LogP contribution in [-0.4, -0.2) is 29.1 Å². The average Bonchev–Trinajstić information content (AvgIpc) is 3.08. The van der Waals surface area contributed by atoms with E-state index >= 15 is 0 Å². The first-order valence-electron chi connectivity index (χ1n) is 10.0. The molecule has 3 aromatic rings. The molecule has 172 valence electrons. The molecule has 0 radical (unpaired) electrons. The molecule has 6 nitrogen and oxygen atoms in total. The summed E-state index contributed by atoms with van der Waals surface area (Å²) in [7, 11) is 1.46. The third kappa shape index (κ3) is 5.29. The van der Waals surface area contributed by atoms with Crippen molar-refractivity contribution < 1.29 is 23.9 Å². The summed E-state index contributed by atoms with van der Waals surface area (Å²) in [5, 5.41) is 0.122. The Kier molecular flexibility index (Phi) is 7.60. The lowest BCUT2D eigenvalue weighted by Crippen LogP contribution is -2.27. The van der Waals surface area contributed by atoms with Gasteiger partial charge in [0, 0.05) is 8.59 Å². The normalized spacial score (nSPS) is 14.6. The van der Waals surface area contributed by atoms with E-state index in [-0.39, 0.29) is 22.4 Å². The molecule has 0 bridgehead atoms. The summed E-state index contributed by atoms with van der Waals surface area (Å²) in [6, 6.07) is 19.1. The largest absolute Gasteiger partial charge is 0.493 e. The van der Waals surface area contributed by atoms with Gasteiger partial charge in [-0.3, -0.25) is 14.5 Å². The number of carbonyl (C=O) groups excluding carboxylic acids is 3. The predicted octanol–water partition coefficient (Wildman–Crippen LogP) is 6.41. The van der Waals surface area contributed by atoms with Crippen LogP contribution in [0, 0.1) is 3.57 Å². The van der Waals surface area contributed by atoms with Gasteiger partial charge in [0.05, 0.1) is 24.1 Å². The SMILES string of the molecule is COc1cc(/C=C2\SC(=O)N(Cc3ccccc3Cl)C2=O)ccc1OC(=O)c1ccccc1I. The van der Waals surface area contributed by atoms with E-state index in [0.29, 0.717) is 27.5 Å². The number of hydrogen-bond donors (Lipinski definition) is 0. The number of esters is 1. The second-order valence-corrected chi connectivity index (χ2v) is 9.70. The predicted molar refractivity (Wildman–Crippen MR) is 140 cm³/mol. The Hall–Kier alpha value is -2.82. The summed E-state index contributed by atoms with van der Waals surface area (Å²) >= 11 is 9.10. The zero-order valence-corrected chi connectivity index (χ0v) is 21.5. The van der Waals surface area contributed by atoms with Crippen LogP contribution in [0.1, 0.15) is 21.5 Å². The maximum Gasteiger partial charge on any atom is 0.344 e. The zero-order chi connectivity index (χ0) is 24.2. The topological polar surface area (TPSA) is 72.9 Å². The highest BCUT2D eigenvalue weighted by Crippen LogP contribution is 2.36. The van der Waals surface area contributed by atoms with Gasteiger partial charge in [0.1, 0.15) is 0 Å². The molecule has 2 amide bonds. The fraction of sp³-hybridized carbons (Fsp3) is 0.0800. The van der Waals surface area contributed by atoms with Crippen molar-refractivity contribution in [1.82, 2.24) is 4.90 Å². The summed E-state index contributed by atoms with van der Waals surface area (Å²) in [5.41, 5.74) is 1.75. The smallest absolute Gasteiger partial charge is 0.344 e. The van der Waals surface area contributed by atoms with Gasteiger partial charge < -0.3 is 9.47 Å². The van der Waals surface area contributed by atoms with Crippen molar-refractivity contribution in [3.8, 4) is 11.5 Å². The van der Waals surface area contributed by atoms with Crippen LogP contribution in [-0.2, 0) is 11.3 Å². The van der Waals surface area contributed by atoms with Crippen LogP contribution in [0.5, 0.6) is 11.5 Å². The van der Waals surface area contributed by atoms with Crippen LogP contribution in [0.25, 0.3) is 6.08 Å². The lowest BCUT2D eigenvalue weighted by atomic mass is 10.1. The number of nitrogens with zero attached hydrogens (tertiary/aromatic N) is 1. The van der Waals surface area contributed by atoms with Crippen molar-refractivity contribution in [3.05, 3.63) is 96.9 Å². The minimum absolute atomic E-state index is 0.0954. The number of thioether (sulfide) groups is 1. The van der Waals surface area contributed by atoms with Crippen molar-refractivity contribution >= 4 is 69.1 Å². The minimum atomic E-state index is -0.503. The molecule has 0 saturated carbocycles. The second-order valence-electron chi connectivity index (χ2n) is 7.14. The van der Waals surface area contributed by atoms with E-state index in [1.54, 1.807) is 60.7 Å². The van der Waals surface area contributed by atoms with E-state index in [0.717, 1.165) is 20.2 Å². The average molecular weight is 606 g/mol. The standard InChI is InChI=1S/C25H17ClINO5S/c1-32-21-12-15(10-11-20(21)33-24(30)17-7-3-5-9-19(17)27)13-22-23(29)28(25(31)34-22)14-16-6-2-4-8-18(16)26/h2-13H,14H2,1H3/b22-13-. The van der Waals surface area contributed by atoms with Crippen molar-refractivity contribution in [2.75, 3.05) is 7.11 Å². The molecule has 34 heavy (non-hydrogen) atoms. The van der Waals surface area contributed by atoms with Gasteiger partial charge in [-0.05, 0) is 81.9 Å². The number of benzene rings is 3. The number of methoxy groups -OCH3 is 1. The van der Waals surface area contributed by atoms with E-state index in [1.165, 1.54) is 7.11 Å². The second kappa shape index (κ2) is 10.6. The van der Waals surface area contributed by atoms with Crippen molar-refractivity contribution in [2.24, 2.45) is 0 Å². The molecule has 1 aliphatic heterocycles. The van der Waals surface area contributed by atoms with Gasteiger partial charge in [0.2, 0.25) is 0 Å². The maximum atomic E-state index is 12.9. The van der Waals surface area contributed by atoms with Crippen LogP contribution >= 0.6 is 46.0 Å². The summed E-state index contributed by atoms with van der Waals surface area (Å²) in [6.45, 7) is 0.0954. The zero-order valence-electron chi connectivity index (χ0n) is 17.8. The number of hydrogen-bond acceptors (Lipinski definition) is 6. The molecule has 0 aliphatic carbocycles. The molecule has 0 N–H and O–H groups in total. The van der Waals surface area contributed by atoms with Gasteiger partial charge in [-0.15, -0.1) is 0 Å². The summed E-state index contributed by atoms with van der Waals surface area (Å²) in [5.74, 6) is -0.334. The number of carbonyl (C=O) groups is 3. The van der Waals surface area contributed by atoms with E-state index in [4.69, 9.17) is 21.1 Å². The molecule has 9 heteroatoms. The van der Waals surface area contributed by atoms with Crippen LogP contribution in [0.4, 0.5) is 4.79 Å². The highest BCUT2D eigenvalue weighted by atomic mass is 127. The molecule has 1 aliphatic rings. The van der Waals surface area contributed by atoms with E-state index in [2.05, 4.69) is 22.6 Å². The summed E-state index contributed by atoms with van der Waals surface area (Å²) in [6.07, 6.45) is 1.60. The molecule has 0 spiro atoms. The van der Waals surface area contributed by atoms with Crippen molar-refractivity contribution in [1.29, 1.82) is 0 Å². The molecule has 3 aromatic carbocycles. The number of amides is 2. The first-order valence-corrected chi connectivity index (χ1v) is 12.3. The Labute approximate surface area is 219 Å². The summed E-state index contributed by atoms with van der Waals surface area (Å²) < 4.78 is 11.7. The van der Waals surface area contributed by atoms with Crippen molar-refractivity contribution in [2.45, 2.75) is 6.54 Å². The molecule has 1 fully saturated rings. The molecule has 0 aromatic heterocycles. The Morgan fingerprint density at radius 1 is 1.06 bits per heavy atom. The van der Waals surface area contributed by atoms with Gasteiger partial charge in [-0.2, -0.15) is 0 Å². The number of imide groups is 1. The Morgan fingerprint density at radius 3 is 2.53 bits per heavy atom. The number of ether oxygens (including phenoxy) is 2. The molecule has 0 atom stereocenters. The van der Waals surface area contributed by atoms with E-state index < -0.39 is 11.9 Å². The Balaban J connectivity index is 1.53. The number of halogens is 2. The van der Waals surface area contributed by atoms with Gasteiger partial charge >= 0.3 is 5.97 Å². The third-order valence-electron chi connectivity index (χ3n) is 4.94. The van der Waals surface area contributed by atoms with Crippen molar-refractivity contribution in [3.63, 3.8) is 0 Å². The monoisotopic (exact) mass is 605 g/mol. The van der Waals surface area contributed by atoms with Crippen LogP contribution in [0.15, 0.2) is 71.6 Å². The lowest BCUT2D eigenvalue weighted by Gasteiger charge is -2.13. The van der Waals surface area contributed by atoms with Gasteiger partial charge in [-0.25, -0.2) is 4.79 Å². The fourth-order valence-electron chi connectivity index (χ4n) is 3.22. The molecule has 4 rings (SSSR count). The lowest BCUT2D eigenvalue weighted by molar-refractivity contribution is -0.123. The highest BCUT2D eigenvalue weighted by Gasteiger charge is 2.35. The van der Waals surface area contributed by atoms with Crippen LogP contribution < -0.4 is 9.47 Å². The quantitative estimate of drug-likeness (QED) is 0.140. The first kappa shape index (κ1) is 24.3. The van der Waals surface area contributed by atoms with E-state index in [9.17, 15) is 14.4 Å². The third-order valence-corrected chi connectivity index (χ3v) is 7.16. The maximum absolute atomic E-state index is 12.9. The fourth-order valence-corrected chi connectivity index (χ4v) is 4.87. The molecule has 1 saturated heterocycles. The number of rotatable bonds is 6. The molecular formula is C25H17ClINO5S. The van der Waals surface area contributed by atoms with Gasteiger partial charge in [0.15, 0.2) is 11.5 Å². The van der Waals surface area contributed by atoms with E-state index in [1.807, 2.05) is 12.1 Å². The van der Waals surface area contributed by atoms with Gasteiger partial charge in [0.25, 0.3) is 11.1 Å². The minimum Gasteiger partial charge on any atom is -0.493 e. The first-order chi connectivity index (χ1) is 16.4. The molecule has 1 heterocycles. The van der Waals surface area contributed by atoms with Crippen LogP contribution in [0.3, 0.4) is 0 Å². The van der Waals surface area contributed by atoms with Gasteiger partial charge in [-0.1, -0.05) is 48.0 Å². The summed E-state index contributed by atoms with van der Waals surface area (Å²) in [4.78, 5) is 39.3. The van der Waals surface area contributed by atoms with Crippen LogP contribution in [0.2, 0.25) is 5.02 Å². The Morgan fingerprint density at radius 2 is 1.79 bits per heavy atom. The molecule has 0 unspecified atom stereocenters. The highest BCUT2D eigenvalue weighted by molar-refractivity contribution is 14.1. The Bertz CT molecular complexity index is 1330. The molecular weight excluding hydrogens is 589 g/mol.